The summed E-state index contributed by atoms with van der Waals surface area (Å²) in [5.74, 6) is -0.854. The van der Waals surface area contributed by atoms with E-state index in [4.69, 9.17) is 0 Å². The van der Waals surface area contributed by atoms with Crippen molar-refractivity contribution in [1.82, 2.24) is 10.2 Å². The van der Waals surface area contributed by atoms with Crippen LogP contribution < -0.4 is 10.6 Å². The van der Waals surface area contributed by atoms with Crippen LogP contribution in [0.25, 0.3) is 0 Å². The molecule has 0 aromatic heterocycles. The Morgan fingerprint density at radius 3 is 2.47 bits per heavy atom. The van der Waals surface area contributed by atoms with Gasteiger partial charge in [0.1, 0.15) is 0 Å². The summed E-state index contributed by atoms with van der Waals surface area (Å²) < 4.78 is 39.1. The fourth-order valence-corrected chi connectivity index (χ4v) is 3.72. The molecule has 1 aliphatic carbocycles. The standard InChI is InChI=1S/C22H24F3N3O2/c1-28(14-21(30)27-19-11-5-4-10-17(19)22(23,24)25)13-20(29)26-18-12-6-8-15-7-2-3-9-16(15)18/h2-5,7,9-11,18H,6,8,12-14H2,1H3,(H,26,29)(H,27,30)/t18-/m1/s1. The third-order valence-corrected chi connectivity index (χ3v) is 5.04. The van der Waals surface area contributed by atoms with Gasteiger partial charge in [0.25, 0.3) is 0 Å². The first-order valence-corrected chi connectivity index (χ1v) is 9.76. The van der Waals surface area contributed by atoms with E-state index in [0.717, 1.165) is 30.9 Å². The minimum absolute atomic E-state index is 0.0347. The molecular weight excluding hydrogens is 395 g/mol. The van der Waals surface area contributed by atoms with Crippen LogP contribution in [0.15, 0.2) is 48.5 Å². The third kappa shape index (κ3) is 5.60. The lowest BCUT2D eigenvalue weighted by atomic mass is 9.88. The molecular formula is C22H24F3N3O2. The molecule has 2 amide bonds. The van der Waals surface area contributed by atoms with Crippen molar-refractivity contribution >= 4 is 17.5 Å². The second-order valence-electron chi connectivity index (χ2n) is 7.47. The Morgan fingerprint density at radius 1 is 1.03 bits per heavy atom. The van der Waals surface area contributed by atoms with E-state index in [1.807, 2.05) is 18.2 Å². The maximum Gasteiger partial charge on any atom is 0.418 e. The first kappa shape index (κ1) is 21.8. The van der Waals surface area contributed by atoms with Gasteiger partial charge in [-0.25, -0.2) is 0 Å². The number of amides is 2. The van der Waals surface area contributed by atoms with Crippen molar-refractivity contribution in [3.05, 3.63) is 65.2 Å². The normalized spacial score (nSPS) is 16.1. The summed E-state index contributed by atoms with van der Waals surface area (Å²) in [7, 11) is 1.57. The predicted octanol–water partition coefficient (Wildman–Crippen LogP) is 3.77. The molecule has 0 fully saturated rings. The van der Waals surface area contributed by atoms with Gasteiger partial charge in [-0.15, -0.1) is 0 Å². The number of rotatable bonds is 6. The zero-order valence-corrected chi connectivity index (χ0v) is 16.6. The number of anilines is 1. The molecule has 160 valence electrons. The van der Waals surface area contributed by atoms with Crippen molar-refractivity contribution in [2.45, 2.75) is 31.5 Å². The molecule has 0 bridgehead atoms. The van der Waals surface area contributed by atoms with Crippen molar-refractivity contribution in [2.24, 2.45) is 0 Å². The number of hydrogen-bond acceptors (Lipinski definition) is 3. The van der Waals surface area contributed by atoms with Gasteiger partial charge in [0, 0.05) is 0 Å². The van der Waals surface area contributed by atoms with Gasteiger partial charge in [0.15, 0.2) is 0 Å². The maximum absolute atomic E-state index is 13.0. The maximum atomic E-state index is 13.0. The lowest BCUT2D eigenvalue weighted by molar-refractivity contribution is -0.137. The SMILES string of the molecule is CN(CC(=O)Nc1ccccc1C(F)(F)F)CC(=O)N[C@@H]1CCCc2ccccc21. The highest BCUT2D eigenvalue weighted by Crippen LogP contribution is 2.34. The molecule has 0 spiro atoms. The predicted molar refractivity (Wildman–Crippen MR) is 108 cm³/mol. The Bertz CT molecular complexity index is 914. The molecule has 2 aromatic carbocycles. The topological polar surface area (TPSA) is 61.4 Å². The van der Waals surface area contributed by atoms with Gasteiger partial charge in [0.2, 0.25) is 11.8 Å². The molecule has 0 aliphatic heterocycles. The van der Waals surface area contributed by atoms with Crippen molar-refractivity contribution in [3.63, 3.8) is 0 Å². The summed E-state index contributed by atoms with van der Waals surface area (Å²) in [5.41, 5.74) is 1.13. The Kier molecular flexibility index (Phi) is 6.77. The number of benzene rings is 2. The summed E-state index contributed by atoms with van der Waals surface area (Å²) in [6.07, 6.45) is -1.74. The van der Waals surface area contributed by atoms with Gasteiger partial charge in [-0.3, -0.25) is 14.5 Å². The lowest BCUT2D eigenvalue weighted by Crippen LogP contribution is -2.41. The number of alkyl halides is 3. The largest absolute Gasteiger partial charge is 0.418 e. The summed E-state index contributed by atoms with van der Waals surface area (Å²) in [6.45, 7) is -0.242. The molecule has 8 heteroatoms. The molecule has 0 saturated carbocycles. The summed E-state index contributed by atoms with van der Waals surface area (Å²) in [4.78, 5) is 26.1. The third-order valence-electron chi connectivity index (χ3n) is 5.04. The van der Waals surface area contributed by atoms with Crippen LogP contribution in [0.1, 0.15) is 35.6 Å². The smallest absolute Gasteiger partial charge is 0.348 e. The molecule has 30 heavy (non-hydrogen) atoms. The van der Waals surface area contributed by atoms with E-state index in [1.54, 1.807) is 7.05 Å². The van der Waals surface area contributed by atoms with Crippen molar-refractivity contribution in [3.8, 4) is 0 Å². The number of carbonyl (C=O) groups is 2. The zero-order valence-electron chi connectivity index (χ0n) is 16.6. The quantitative estimate of drug-likeness (QED) is 0.749. The van der Waals surface area contributed by atoms with E-state index in [1.165, 1.54) is 28.7 Å². The molecule has 0 radical (unpaired) electrons. The van der Waals surface area contributed by atoms with Crippen molar-refractivity contribution < 1.29 is 22.8 Å². The first-order valence-electron chi connectivity index (χ1n) is 9.76. The lowest BCUT2D eigenvalue weighted by Gasteiger charge is -2.27. The first-order chi connectivity index (χ1) is 14.2. The minimum Gasteiger partial charge on any atom is -0.348 e. The monoisotopic (exact) mass is 419 g/mol. The molecule has 2 aromatic rings. The van der Waals surface area contributed by atoms with E-state index in [9.17, 15) is 22.8 Å². The number of hydrogen-bond donors (Lipinski definition) is 2. The molecule has 0 saturated heterocycles. The van der Waals surface area contributed by atoms with Crippen LogP contribution >= 0.6 is 0 Å². The molecule has 5 nitrogen and oxygen atoms in total. The number of fused-ring (bicyclic) bond motifs is 1. The number of nitrogens with one attached hydrogen (secondary N) is 2. The second kappa shape index (κ2) is 9.30. The van der Waals surface area contributed by atoms with Gasteiger partial charge in [-0.1, -0.05) is 36.4 Å². The Hall–Kier alpha value is -2.87. The fourth-order valence-electron chi connectivity index (χ4n) is 3.72. The van der Waals surface area contributed by atoms with Crippen LogP contribution in [-0.2, 0) is 22.2 Å². The zero-order chi connectivity index (χ0) is 21.7. The van der Waals surface area contributed by atoms with Crippen LogP contribution in [0.4, 0.5) is 18.9 Å². The molecule has 0 unspecified atom stereocenters. The van der Waals surface area contributed by atoms with Gasteiger partial charge < -0.3 is 10.6 Å². The van der Waals surface area contributed by atoms with Gasteiger partial charge in [-0.05, 0) is 49.6 Å². The number of halogens is 3. The minimum atomic E-state index is -4.56. The average molecular weight is 419 g/mol. The highest BCUT2D eigenvalue weighted by atomic mass is 19.4. The fraction of sp³-hybridized carbons (Fsp3) is 0.364. The van der Waals surface area contributed by atoms with Crippen molar-refractivity contribution in [1.29, 1.82) is 0 Å². The number of nitrogens with zero attached hydrogens (tertiary/aromatic N) is 1. The Labute approximate surface area is 173 Å². The van der Waals surface area contributed by atoms with Crippen molar-refractivity contribution in [2.75, 3.05) is 25.5 Å². The summed E-state index contributed by atoms with van der Waals surface area (Å²) >= 11 is 0. The Morgan fingerprint density at radius 2 is 1.70 bits per heavy atom. The van der Waals surface area contributed by atoms with Gasteiger partial charge in [-0.2, -0.15) is 13.2 Å². The van der Waals surface area contributed by atoms with Crippen LogP contribution in [0, 0.1) is 0 Å². The molecule has 1 aliphatic rings. The summed E-state index contributed by atoms with van der Waals surface area (Å²) in [5, 5.41) is 5.28. The van der Waals surface area contributed by atoms with E-state index >= 15 is 0 Å². The second-order valence-corrected chi connectivity index (χ2v) is 7.47. The number of para-hydroxylation sites is 1. The van der Waals surface area contributed by atoms with Gasteiger partial charge in [0.05, 0.1) is 30.4 Å². The van der Waals surface area contributed by atoms with Gasteiger partial charge >= 0.3 is 6.18 Å². The number of carbonyl (C=O) groups excluding carboxylic acids is 2. The van der Waals surface area contributed by atoms with Crippen LogP contribution in [-0.4, -0.2) is 36.9 Å². The highest BCUT2D eigenvalue weighted by molar-refractivity contribution is 5.93. The summed E-state index contributed by atoms with van der Waals surface area (Å²) in [6, 6.07) is 12.7. The van der Waals surface area contributed by atoms with E-state index in [2.05, 4.69) is 16.7 Å². The average Bonchev–Trinajstić information content (AvgIpc) is 2.67. The van der Waals surface area contributed by atoms with Crippen LogP contribution in [0.3, 0.4) is 0 Å². The molecule has 0 heterocycles. The molecule has 2 N–H and O–H groups in total. The number of aryl methyl sites for hydroxylation is 1. The Balaban J connectivity index is 1.53. The number of likely N-dealkylation sites (N-methyl/N-ethyl adjacent to an activating group) is 1. The van der Waals surface area contributed by atoms with Crippen LogP contribution in [0.5, 0.6) is 0 Å². The van der Waals surface area contributed by atoms with Crippen LogP contribution in [0.2, 0.25) is 0 Å². The molecule has 3 rings (SSSR count). The molecule has 1 atom stereocenters. The van der Waals surface area contributed by atoms with E-state index in [0.29, 0.717) is 0 Å². The van der Waals surface area contributed by atoms with E-state index < -0.39 is 17.6 Å². The highest BCUT2D eigenvalue weighted by Gasteiger charge is 2.33. The van der Waals surface area contributed by atoms with E-state index in [-0.39, 0.29) is 30.7 Å².